The number of ether oxygens (including phenoxy) is 1. The second kappa shape index (κ2) is 5.79. The van der Waals surface area contributed by atoms with Crippen molar-refractivity contribution in [1.82, 2.24) is 10.2 Å². The normalized spacial score (nSPS) is 26.6. The van der Waals surface area contributed by atoms with E-state index in [1.165, 1.54) is 0 Å². The zero-order valence-electron chi connectivity index (χ0n) is 9.06. The van der Waals surface area contributed by atoms with E-state index in [2.05, 4.69) is 10.1 Å². The highest BCUT2D eigenvalue weighted by molar-refractivity contribution is 4.83. The fourth-order valence-electron chi connectivity index (χ4n) is 1.69. The summed E-state index contributed by atoms with van der Waals surface area (Å²) in [7, 11) is 1.69. The molecular formula is C9H16F4N2O. The lowest BCUT2D eigenvalue weighted by atomic mass is 10.2. The van der Waals surface area contributed by atoms with Crippen LogP contribution >= 0.6 is 0 Å². The Morgan fingerprint density at radius 3 is 2.62 bits per heavy atom. The fraction of sp³-hybridized carbons (Fsp3) is 1.00. The number of hydrogen-bond donors (Lipinski definition) is 1. The molecule has 1 aliphatic rings. The van der Waals surface area contributed by atoms with E-state index in [1.807, 2.05) is 0 Å². The Morgan fingerprint density at radius 1 is 1.44 bits per heavy atom. The highest BCUT2D eigenvalue weighted by Gasteiger charge is 2.29. The molecule has 1 N–H and O–H groups in total. The number of alkyl halides is 4. The van der Waals surface area contributed by atoms with Gasteiger partial charge in [-0.2, -0.15) is 0 Å². The summed E-state index contributed by atoms with van der Waals surface area (Å²) in [5.41, 5.74) is 0. The van der Waals surface area contributed by atoms with Gasteiger partial charge in [0.15, 0.2) is 0 Å². The van der Waals surface area contributed by atoms with Gasteiger partial charge in [-0.1, -0.05) is 0 Å². The smallest absolute Gasteiger partial charge is 0.310 e. The van der Waals surface area contributed by atoms with Crippen LogP contribution in [0.3, 0.4) is 0 Å². The van der Waals surface area contributed by atoms with Crippen LogP contribution < -0.4 is 5.32 Å². The first-order valence-electron chi connectivity index (χ1n) is 5.13. The third-order valence-electron chi connectivity index (χ3n) is 2.44. The molecule has 0 radical (unpaired) electrons. The van der Waals surface area contributed by atoms with Gasteiger partial charge in [-0.05, 0) is 13.5 Å². The minimum atomic E-state index is -4.57. The van der Waals surface area contributed by atoms with E-state index < -0.39 is 19.1 Å². The van der Waals surface area contributed by atoms with Gasteiger partial charge >= 0.3 is 6.36 Å². The Bertz CT molecular complexity index is 212. The summed E-state index contributed by atoms with van der Waals surface area (Å²) in [4.78, 5) is 1.70. The summed E-state index contributed by atoms with van der Waals surface area (Å²) in [6.45, 7) is 0.639. The van der Waals surface area contributed by atoms with E-state index >= 15 is 0 Å². The van der Waals surface area contributed by atoms with E-state index in [0.29, 0.717) is 19.5 Å². The van der Waals surface area contributed by atoms with E-state index in [-0.39, 0.29) is 12.6 Å². The SMILES string of the molecule is CN(CCOC(F)(F)F)CC1CC(F)CN1. The highest BCUT2D eigenvalue weighted by atomic mass is 19.4. The Morgan fingerprint density at radius 2 is 2.12 bits per heavy atom. The second-order valence-electron chi connectivity index (χ2n) is 3.99. The molecule has 0 amide bonds. The van der Waals surface area contributed by atoms with Crippen LogP contribution in [0.5, 0.6) is 0 Å². The number of hydrogen-bond acceptors (Lipinski definition) is 3. The van der Waals surface area contributed by atoms with Gasteiger partial charge in [0.2, 0.25) is 0 Å². The minimum Gasteiger partial charge on any atom is -0.310 e. The van der Waals surface area contributed by atoms with Crippen LogP contribution in [0.4, 0.5) is 17.6 Å². The van der Waals surface area contributed by atoms with Gasteiger partial charge in [0, 0.05) is 25.7 Å². The van der Waals surface area contributed by atoms with Crippen molar-refractivity contribution in [2.24, 2.45) is 0 Å². The number of halogens is 4. The molecule has 7 heteroatoms. The minimum absolute atomic E-state index is 0.0193. The maximum Gasteiger partial charge on any atom is 0.522 e. The molecule has 1 rings (SSSR count). The molecule has 0 aromatic heterocycles. The predicted octanol–water partition coefficient (Wildman–Crippen LogP) is 1.15. The third-order valence-corrected chi connectivity index (χ3v) is 2.44. The zero-order valence-corrected chi connectivity index (χ0v) is 9.06. The van der Waals surface area contributed by atoms with Crippen LogP contribution in [-0.2, 0) is 4.74 Å². The molecule has 2 atom stereocenters. The average molecular weight is 244 g/mol. The zero-order chi connectivity index (χ0) is 12.2. The van der Waals surface area contributed by atoms with Crippen molar-refractivity contribution >= 4 is 0 Å². The molecule has 0 bridgehead atoms. The summed E-state index contributed by atoms with van der Waals surface area (Å²) < 4.78 is 51.4. The highest BCUT2D eigenvalue weighted by Crippen LogP contribution is 2.16. The van der Waals surface area contributed by atoms with Gasteiger partial charge in [-0.25, -0.2) is 4.39 Å². The van der Waals surface area contributed by atoms with Gasteiger partial charge in [0.1, 0.15) is 6.17 Å². The Balaban J connectivity index is 2.09. The fourth-order valence-corrected chi connectivity index (χ4v) is 1.69. The first-order valence-corrected chi connectivity index (χ1v) is 5.13. The molecule has 0 saturated carbocycles. The third kappa shape index (κ3) is 5.62. The van der Waals surface area contributed by atoms with Crippen LogP contribution in [0, 0.1) is 0 Å². The molecule has 0 aromatic carbocycles. The molecule has 1 aliphatic heterocycles. The van der Waals surface area contributed by atoms with E-state index in [9.17, 15) is 17.6 Å². The lowest BCUT2D eigenvalue weighted by Gasteiger charge is -2.20. The van der Waals surface area contributed by atoms with Gasteiger partial charge < -0.3 is 10.2 Å². The largest absolute Gasteiger partial charge is 0.522 e. The Labute approximate surface area is 91.7 Å². The van der Waals surface area contributed by atoms with Gasteiger partial charge in [-0.3, -0.25) is 4.74 Å². The van der Waals surface area contributed by atoms with Crippen molar-refractivity contribution in [1.29, 1.82) is 0 Å². The lowest BCUT2D eigenvalue weighted by Crippen LogP contribution is -2.37. The lowest BCUT2D eigenvalue weighted by molar-refractivity contribution is -0.324. The van der Waals surface area contributed by atoms with Crippen LogP contribution in [0.25, 0.3) is 0 Å². The summed E-state index contributed by atoms with van der Waals surface area (Å²) in [6, 6.07) is 0.0193. The van der Waals surface area contributed by atoms with E-state index in [0.717, 1.165) is 0 Å². The van der Waals surface area contributed by atoms with Crippen molar-refractivity contribution in [3.05, 3.63) is 0 Å². The van der Waals surface area contributed by atoms with Crippen molar-refractivity contribution in [2.45, 2.75) is 25.0 Å². The first-order chi connectivity index (χ1) is 7.37. The molecular weight excluding hydrogens is 228 g/mol. The van der Waals surface area contributed by atoms with Crippen molar-refractivity contribution in [3.63, 3.8) is 0 Å². The maximum atomic E-state index is 12.8. The molecule has 96 valence electrons. The van der Waals surface area contributed by atoms with Crippen molar-refractivity contribution < 1.29 is 22.3 Å². The number of nitrogens with zero attached hydrogens (tertiary/aromatic N) is 1. The van der Waals surface area contributed by atoms with Crippen molar-refractivity contribution in [2.75, 3.05) is 33.3 Å². The molecule has 2 unspecified atom stereocenters. The number of likely N-dealkylation sites (N-methyl/N-ethyl adjacent to an activating group) is 1. The van der Waals surface area contributed by atoms with Crippen LogP contribution in [0.15, 0.2) is 0 Å². The Hall–Kier alpha value is -0.400. The predicted molar refractivity (Wildman–Crippen MR) is 50.8 cm³/mol. The summed E-state index contributed by atoms with van der Waals surface area (Å²) in [5.74, 6) is 0. The van der Waals surface area contributed by atoms with Crippen molar-refractivity contribution in [3.8, 4) is 0 Å². The molecule has 0 aliphatic carbocycles. The maximum absolute atomic E-state index is 12.8. The molecule has 1 saturated heterocycles. The van der Waals surface area contributed by atoms with Gasteiger partial charge in [-0.15, -0.1) is 13.2 Å². The van der Waals surface area contributed by atoms with Crippen LogP contribution in [0.1, 0.15) is 6.42 Å². The topological polar surface area (TPSA) is 24.5 Å². The summed E-state index contributed by atoms with van der Waals surface area (Å²) in [5, 5.41) is 2.96. The van der Waals surface area contributed by atoms with Crippen LogP contribution in [-0.4, -0.2) is 56.8 Å². The molecule has 1 heterocycles. The summed E-state index contributed by atoms with van der Waals surface area (Å²) in [6.07, 6.45) is -4.99. The molecule has 3 nitrogen and oxygen atoms in total. The van der Waals surface area contributed by atoms with E-state index in [1.54, 1.807) is 11.9 Å². The first kappa shape index (κ1) is 13.7. The molecule has 1 fully saturated rings. The van der Waals surface area contributed by atoms with E-state index in [4.69, 9.17) is 0 Å². The quantitative estimate of drug-likeness (QED) is 0.734. The van der Waals surface area contributed by atoms with Crippen LogP contribution in [0.2, 0.25) is 0 Å². The number of rotatable bonds is 5. The van der Waals surface area contributed by atoms with Gasteiger partial charge in [0.25, 0.3) is 0 Å². The van der Waals surface area contributed by atoms with Gasteiger partial charge in [0.05, 0.1) is 6.61 Å². The molecule has 0 aromatic rings. The monoisotopic (exact) mass is 244 g/mol. The average Bonchev–Trinajstić information content (AvgIpc) is 2.48. The number of nitrogens with one attached hydrogen (secondary N) is 1. The molecule has 16 heavy (non-hydrogen) atoms. The second-order valence-corrected chi connectivity index (χ2v) is 3.99. The summed E-state index contributed by atoms with van der Waals surface area (Å²) >= 11 is 0. The Kier molecular flexibility index (Phi) is 4.94. The standard InChI is InChI=1S/C9H16F4N2O/c1-15(2-3-16-9(11,12)13)6-8-4-7(10)5-14-8/h7-8,14H,2-6H2,1H3. The molecule has 0 spiro atoms.